The Kier molecular flexibility index (Phi) is 4.54. The summed E-state index contributed by atoms with van der Waals surface area (Å²) in [5.41, 5.74) is 4.48. The summed E-state index contributed by atoms with van der Waals surface area (Å²) in [6.45, 7) is 10.1. The van der Waals surface area contributed by atoms with Crippen molar-refractivity contribution in [3.8, 4) is 0 Å². The smallest absolute Gasteiger partial charge is 0.336 e. The summed E-state index contributed by atoms with van der Waals surface area (Å²) in [6.07, 6.45) is 3.14. The molecule has 1 N–H and O–H groups in total. The fourth-order valence-electron chi connectivity index (χ4n) is 4.13. The fourth-order valence-corrected chi connectivity index (χ4v) is 4.13. The van der Waals surface area contributed by atoms with Crippen LogP contribution in [0.4, 0.5) is 0 Å². The Morgan fingerprint density at radius 3 is 2.65 bits per heavy atom. The lowest BCUT2D eigenvalue weighted by atomic mass is 9.68. The van der Waals surface area contributed by atoms with Gasteiger partial charge in [-0.05, 0) is 32.6 Å². The summed E-state index contributed by atoms with van der Waals surface area (Å²) in [5.74, 6) is -0.719. The fraction of sp³-hybridized carbons (Fsp3) is 0.550. The van der Waals surface area contributed by atoms with E-state index in [9.17, 15) is 9.59 Å². The van der Waals surface area contributed by atoms with Crippen molar-refractivity contribution in [2.45, 2.75) is 53.4 Å². The summed E-state index contributed by atoms with van der Waals surface area (Å²) in [6, 6.07) is 0. The Morgan fingerprint density at radius 1 is 1.38 bits per heavy atom. The van der Waals surface area contributed by atoms with E-state index in [-0.39, 0.29) is 17.2 Å². The summed E-state index contributed by atoms with van der Waals surface area (Å²) in [7, 11) is 1.85. The normalized spacial score (nSPS) is 22.2. The first-order chi connectivity index (χ1) is 12.1. The Balaban J connectivity index is 2.20. The van der Waals surface area contributed by atoms with E-state index in [0.29, 0.717) is 24.2 Å². The van der Waals surface area contributed by atoms with E-state index in [1.54, 1.807) is 11.6 Å². The molecule has 140 valence electrons. The summed E-state index contributed by atoms with van der Waals surface area (Å²) < 4.78 is 7.03. The predicted octanol–water partition coefficient (Wildman–Crippen LogP) is 2.90. The maximum absolute atomic E-state index is 13.1. The molecule has 0 amide bonds. The SMILES string of the molecule is CCOC(=O)C1=C(C)NC2=C(C(=O)CC(C)(C)C2)[C@@H]1c1cn(C)nc1C. The van der Waals surface area contributed by atoms with Crippen LogP contribution in [0, 0.1) is 12.3 Å². The van der Waals surface area contributed by atoms with Gasteiger partial charge in [0.2, 0.25) is 0 Å². The first-order valence-corrected chi connectivity index (χ1v) is 9.06. The number of carbonyl (C=O) groups is 2. The molecule has 1 atom stereocenters. The van der Waals surface area contributed by atoms with E-state index in [0.717, 1.165) is 29.1 Å². The second-order valence-electron chi connectivity index (χ2n) is 7.99. The molecule has 0 spiro atoms. The largest absolute Gasteiger partial charge is 0.463 e. The number of rotatable bonds is 3. The molecule has 1 aliphatic carbocycles. The maximum atomic E-state index is 13.1. The summed E-state index contributed by atoms with van der Waals surface area (Å²) >= 11 is 0. The number of aromatic nitrogens is 2. The van der Waals surface area contributed by atoms with Gasteiger partial charge in [0.15, 0.2) is 5.78 Å². The zero-order valence-corrected chi connectivity index (χ0v) is 16.4. The molecule has 2 heterocycles. The van der Waals surface area contributed by atoms with Crippen molar-refractivity contribution in [1.82, 2.24) is 15.1 Å². The van der Waals surface area contributed by atoms with Crippen LogP contribution in [0.2, 0.25) is 0 Å². The zero-order valence-electron chi connectivity index (χ0n) is 16.4. The number of hydrogen-bond acceptors (Lipinski definition) is 5. The first-order valence-electron chi connectivity index (χ1n) is 9.06. The average Bonchev–Trinajstić information content (AvgIpc) is 2.82. The van der Waals surface area contributed by atoms with Gasteiger partial charge < -0.3 is 10.1 Å². The number of esters is 1. The van der Waals surface area contributed by atoms with Crippen LogP contribution in [-0.4, -0.2) is 28.1 Å². The van der Waals surface area contributed by atoms with E-state index in [1.807, 2.05) is 27.1 Å². The highest BCUT2D eigenvalue weighted by atomic mass is 16.5. The molecule has 0 saturated heterocycles. The second-order valence-corrected chi connectivity index (χ2v) is 7.99. The molecule has 6 nitrogen and oxygen atoms in total. The molecule has 3 rings (SSSR count). The number of ketones is 1. The molecular formula is C20H27N3O3. The first kappa shape index (κ1) is 18.4. The third kappa shape index (κ3) is 3.08. The molecule has 0 saturated carbocycles. The Bertz CT molecular complexity index is 842. The number of Topliss-reactive ketones (excluding diaryl/α,β-unsaturated/α-hetero) is 1. The van der Waals surface area contributed by atoms with Crippen molar-refractivity contribution in [2.24, 2.45) is 12.5 Å². The molecule has 0 aromatic carbocycles. The van der Waals surface area contributed by atoms with Crippen molar-refractivity contribution in [3.63, 3.8) is 0 Å². The van der Waals surface area contributed by atoms with Crippen molar-refractivity contribution < 1.29 is 14.3 Å². The highest BCUT2D eigenvalue weighted by Gasteiger charge is 2.43. The van der Waals surface area contributed by atoms with Gasteiger partial charge in [0.25, 0.3) is 0 Å². The number of carbonyl (C=O) groups excluding carboxylic acids is 2. The minimum atomic E-state index is -0.428. The molecule has 6 heteroatoms. The van der Waals surface area contributed by atoms with E-state index in [1.165, 1.54) is 0 Å². The lowest BCUT2D eigenvalue weighted by Crippen LogP contribution is -2.38. The van der Waals surface area contributed by atoms with Gasteiger partial charge in [0.1, 0.15) is 0 Å². The molecule has 0 bridgehead atoms. The van der Waals surface area contributed by atoms with Gasteiger partial charge in [-0.25, -0.2) is 4.79 Å². The van der Waals surface area contributed by atoms with E-state index < -0.39 is 5.92 Å². The molecular weight excluding hydrogens is 330 g/mol. The van der Waals surface area contributed by atoms with Crippen LogP contribution >= 0.6 is 0 Å². The topological polar surface area (TPSA) is 73.2 Å². The quantitative estimate of drug-likeness (QED) is 0.842. The maximum Gasteiger partial charge on any atom is 0.336 e. The molecule has 0 unspecified atom stereocenters. The van der Waals surface area contributed by atoms with Gasteiger partial charge in [0, 0.05) is 42.2 Å². The molecule has 0 radical (unpaired) electrons. The van der Waals surface area contributed by atoms with Crippen LogP contribution in [0.3, 0.4) is 0 Å². The van der Waals surface area contributed by atoms with Crippen LogP contribution in [0.15, 0.2) is 28.7 Å². The lowest BCUT2D eigenvalue weighted by molar-refractivity contribution is -0.138. The minimum Gasteiger partial charge on any atom is -0.463 e. The number of ether oxygens (including phenoxy) is 1. The standard InChI is InChI=1S/C20H27N3O3/c1-7-26-19(25)16-12(3)21-14-8-20(4,5)9-15(24)18(14)17(16)13-10-23(6)22-11(13)2/h10,17,21H,7-9H2,1-6H3/t17-/m1/s1. The van der Waals surface area contributed by atoms with Crippen molar-refractivity contribution in [3.05, 3.63) is 40.0 Å². The highest BCUT2D eigenvalue weighted by Crippen LogP contribution is 2.47. The van der Waals surface area contributed by atoms with Crippen molar-refractivity contribution in [1.29, 1.82) is 0 Å². The zero-order chi connectivity index (χ0) is 19.2. The Morgan fingerprint density at radius 2 is 2.08 bits per heavy atom. The monoisotopic (exact) mass is 357 g/mol. The average molecular weight is 357 g/mol. The minimum absolute atomic E-state index is 0.0892. The number of dihydropyridines is 1. The van der Waals surface area contributed by atoms with Gasteiger partial charge in [0.05, 0.1) is 23.8 Å². The third-order valence-corrected chi connectivity index (χ3v) is 5.10. The van der Waals surface area contributed by atoms with E-state index >= 15 is 0 Å². The molecule has 1 aromatic heterocycles. The Labute approximate surface area is 154 Å². The van der Waals surface area contributed by atoms with Crippen LogP contribution in [0.5, 0.6) is 0 Å². The van der Waals surface area contributed by atoms with Gasteiger partial charge in [-0.2, -0.15) is 5.10 Å². The van der Waals surface area contributed by atoms with Crippen molar-refractivity contribution in [2.75, 3.05) is 6.61 Å². The molecule has 0 fully saturated rings. The third-order valence-electron chi connectivity index (χ3n) is 5.10. The van der Waals surface area contributed by atoms with Gasteiger partial charge in [-0.15, -0.1) is 0 Å². The highest BCUT2D eigenvalue weighted by molar-refractivity contribution is 6.04. The summed E-state index contributed by atoms with van der Waals surface area (Å²) in [5, 5.41) is 7.76. The number of nitrogens with zero attached hydrogens (tertiary/aromatic N) is 2. The number of nitrogens with one attached hydrogen (secondary N) is 1. The molecule has 26 heavy (non-hydrogen) atoms. The number of aryl methyl sites for hydroxylation is 2. The lowest BCUT2D eigenvalue weighted by Gasteiger charge is -2.39. The van der Waals surface area contributed by atoms with Crippen LogP contribution in [0.25, 0.3) is 0 Å². The van der Waals surface area contributed by atoms with Gasteiger partial charge in [-0.1, -0.05) is 13.8 Å². The van der Waals surface area contributed by atoms with Crippen molar-refractivity contribution >= 4 is 11.8 Å². The number of allylic oxidation sites excluding steroid dienone is 3. The van der Waals surface area contributed by atoms with Crippen LogP contribution < -0.4 is 5.32 Å². The predicted molar refractivity (Wildman–Crippen MR) is 98.2 cm³/mol. The van der Waals surface area contributed by atoms with E-state index in [2.05, 4.69) is 24.3 Å². The van der Waals surface area contributed by atoms with Crippen LogP contribution in [0.1, 0.15) is 57.7 Å². The molecule has 2 aliphatic rings. The second kappa shape index (κ2) is 6.41. The van der Waals surface area contributed by atoms with Gasteiger partial charge in [-0.3, -0.25) is 9.48 Å². The molecule has 1 aromatic rings. The van der Waals surface area contributed by atoms with E-state index in [4.69, 9.17) is 4.74 Å². The molecule has 1 aliphatic heterocycles. The number of hydrogen-bond donors (Lipinski definition) is 1. The summed E-state index contributed by atoms with van der Waals surface area (Å²) in [4.78, 5) is 25.8. The Hall–Kier alpha value is -2.37. The van der Waals surface area contributed by atoms with Crippen LogP contribution in [-0.2, 0) is 21.4 Å². The van der Waals surface area contributed by atoms with Gasteiger partial charge >= 0.3 is 5.97 Å².